The molecule has 3 heteroatoms. The van der Waals surface area contributed by atoms with E-state index in [4.69, 9.17) is 11.6 Å². The van der Waals surface area contributed by atoms with E-state index in [-0.39, 0.29) is 0 Å². The summed E-state index contributed by atoms with van der Waals surface area (Å²) in [6, 6.07) is 9.75. The van der Waals surface area contributed by atoms with Gasteiger partial charge in [-0.15, -0.1) is 0 Å². The predicted molar refractivity (Wildman–Crippen MR) is 75.9 cm³/mol. The van der Waals surface area contributed by atoms with Crippen molar-refractivity contribution in [1.29, 1.82) is 0 Å². The molecule has 0 aromatic heterocycles. The number of hydrogen-bond acceptors (Lipinski definition) is 2. The SMILES string of the molecule is Clc1cccc(CNC2CCN(C3CC3)CC2)c1. The van der Waals surface area contributed by atoms with E-state index < -0.39 is 0 Å². The highest BCUT2D eigenvalue weighted by molar-refractivity contribution is 6.30. The first-order chi connectivity index (χ1) is 8.81. The van der Waals surface area contributed by atoms with Crippen molar-refractivity contribution in [2.75, 3.05) is 13.1 Å². The summed E-state index contributed by atoms with van der Waals surface area (Å²) in [6.07, 6.45) is 5.44. The summed E-state index contributed by atoms with van der Waals surface area (Å²) in [5.74, 6) is 0. The van der Waals surface area contributed by atoms with Crippen LogP contribution < -0.4 is 5.32 Å². The van der Waals surface area contributed by atoms with Crippen LogP contribution in [-0.4, -0.2) is 30.1 Å². The quantitative estimate of drug-likeness (QED) is 0.899. The monoisotopic (exact) mass is 264 g/mol. The molecule has 0 radical (unpaired) electrons. The zero-order chi connectivity index (χ0) is 12.4. The number of benzene rings is 1. The minimum absolute atomic E-state index is 0.680. The second-order valence-corrected chi connectivity index (χ2v) is 5.99. The standard InChI is InChI=1S/C15H21ClN2/c16-13-3-1-2-12(10-13)11-17-14-6-8-18(9-7-14)15-4-5-15/h1-3,10,14-15,17H,4-9,11H2. The van der Waals surface area contributed by atoms with Gasteiger partial charge < -0.3 is 10.2 Å². The first-order valence-electron chi connectivity index (χ1n) is 7.03. The van der Waals surface area contributed by atoms with Crippen molar-refractivity contribution >= 4 is 11.6 Å². The minimum Gasteiger partial charge on any atom is -0.310 e. The number of hydrogen-bond donors (Lipinski definition) is 1. The first kappa shape index (κ1) is 12.5. The molecule has 0 amide bonds. The molecule has 2 aliphatic rings. The van der Waals surface area contributed by atoms with Crippen LogP contribution in [0.15, 0.2) is 24.3 Å². The van der Waals surface area contributed by atoms with Crippen molar-refractivity contribution in [1.82, 2.24) is 10.2 Å². The van der Waals surface area contributed by atoms with Gasteiger partial charge in [0.15, 0.2) is 0 Å². The molecule has 1 aliphatic carbocycles. The number of halogens is 1. The van der Waals surface area contributed by atoms with E-state index in [0.717, 1.165) is 17.6 Å². The maximum atomic E-state index is 5.99. The van der Waals surface area contributed by atoms with Crippen LogP contribution in [0.25, 0.3) is 0 Å². The summed E-state index contributed by atoms with van der Waals surface area (Å²) in [5, 5.41) is 4.49. The topological polar surface area (TPSA) is 15.3 Å². The van der Waals surface area contributed by atoms with Crippen LogP contribution in [0.5, 0.6) is 0 Å². The van der Waals surface area contributed by atoms with E-state index in [1.54, 1.807) is 0 Å². The average Bonchev–Trinajstić information content (AvgIpc) is 3.21. The number of likely N-dealkylation sites (tertiary alicyclic amines) is 1. The molecule has 1 aromatic rings. The van der Waals surface area contributed by atoms with Crippen LogP contribution in [0.2, 0.25) is 5.02 Å². The van der Waals surface area contributed by atoms with Crippen molar-refractivity contribution in [2.24, 2.45) is 0 Å². The Morgan fingerprint density at radius 3 is 2.61 bits per heavy atom. The highest BCUT2D eigenvalue weighted by atomic mass is 35.5. The van der Waals surface area contributed by atoms with Gasteiger partial charge in [0.25, 0.3) is 0 Å². The lowest BCUT2D eigenvalue weighted by Gasteiger charge is -2.32. The minimum atomic E-state index is 0.680. The Kier molecular flexibility index (Phi) is 3.88. The summed E-state index contributed by atoms with van der Waals surface area (Å²) in [7, 11) is 0. The third-order valence-electron chi connectivity index (χ3n) is 4.08. The van der Waals surface area contributed by atoms with E-state index >= 15 is 0 Å². The van der Waals surface area contributed by atoms with Gasteiger partial charge in [0, 0.05) is 23.7 Å². The predicted octanol–water partition coefficient (Wildman–Crippen LogP) is 3.06. The Labute approximate surface area is 114 Å². The second-order valence-electron chi connectivity index (χ2n) is 5.55. The van der Waals surface area contributed by atoms with Gasteiger partial charge in [-0.25, -0.2) is 0 Å². The highest BCUT2D eigenvalue weighted by Gasteiger charge is 2.31. The smallest absolute Gasteiger partial charge is 0.0409 e. The molecule has 18 heavy (non-hydrogen) atoms. The zero-order valence-electron chi connectivity index (χ0n) is 10.7. The van der Waals surface area contributed by atoms with Crippen LogP contribution in [-0.2, 0) is 6.54 Å². The largest absolute Gasteiger partial charge is 0.310 e. The number of piperidine rings is 1. The highest BCUT2D eigenvalue weighted by Crippen LogP contribution is 2.29. The summed E-state index contributed by atoms with van der Waals surface area (Å²) in [4.78, 5) is 2.66. The second kappa shape index (κ2) is 5.60. The molecule has 1 aromatic carbocycles. The normalized spacial score (nSPS) is 22.3. The maximum Gasteiger partial charge on any atom is 0.0409 e. The third-order valence-corrected chi connectivity index (χ3v) is 4.31. The summed E-state index contributed by atoms with van der Waals surface area (Å²) >= 11 is 5.99. The van der Waals surface area contributed by atoms with Gasteiger partial charge in [0.2, 0.25) is 0 Å². The van der Waals surface area contributed by atoms with Gasteiger partial charge >= 0.3 is 0 Å². The number of nitrogens with zero attached hydrogens (tertiary/aromatic N) is 1. The van der Waals surface area contributed by atoms with Crippen LogP contribution in [0.3, 0.4) is 0 Å². The number of nitrogens with one attached hydrogen (secondary N) is 1. The fourth-order valence-electron chi connectivity index (χ4n) is 2.82. The molecule has 3 rings (SSSR count). The Bertz CT molecular complexity index is 395. The molecular weight excluding hydrogens is 244 g/mol. The van der Waals surface area contributed by atoms with Gasteiger partial charge in [0.05, 0.1) is 0 Å². The molecule has 0 atom stereocenters. The fraction of sp³-hybridized carbons (Fsp3) is 0.600. The van der Waals surface area contributed by atoms with Gasteiger partial charge in [-0.1, -0.05) is 23.7 Å². The lowest BCUT2D eigenvalue weighted by atomic mass is 10.0. The fourth-order valence-corrected chi connectivity index (χ4v) is 3.03. The molecule has 0 bridgehead atoms. The molecular formula is C15H21ClN2. The van der Waals surface area contributed by atoms with E-state index in [1.165, 1.54) is 44.3 Å². The van der Waals surface area contributed by atoms with Crippen LogP contribution in [0.1, 0.15) is 31.2 Å². The zero-order valence-corrected chi connectivity index (χ0v) is 11.5. The molecule has 2 nitrogen and oxygen atoms in total. The summed E-state index contributed by atoms with van der Waals surface area (Å²) in [5.41, 5.74) is 1.28. The molecule has 1 heterocycles. The lowest BCUT2D eigenvalue weighted by Crippen LogP contribution is -2.43. The number of rotatable bonds is 4. The van der Waals surface area contributed by atoms with Crippen molar-refractivity contribution < 1.29 is 0 Å². The van der Waals surface area contributed by atoms with Crippen LogP contribution in [0.4, 0.5) is 0 Å². The molecule has 98 valence electrons. The van der Waals surface area contributed by atoms with E-state index in [0.29, 0.717) is 6.04 Å². The van der Waals surface area contributed by atoms with E-state index in [9.17, 15) is 0 Å². The molecule has 1 aliphatic heterocycles. The first-order valence-corrected chi connectivity index (χ1v) is 7.41. The summed E-state index contributed by atoms with van der Waals surface area (Å²) < 4.78 is 0. The molecule has 0 spiro atoms. The van der Waals surface area contributed by atoms with Crippen molar-refractivity contribution in [3.8, 4) is 0 Å². The van der Waals surface area contributed by atoms with Crippen molar-refractivity contribution in [2.45, 2.75) is 44.3 Å². The van der Waals surface area contributed by atoms with Gasteiger partial charge in [-0.3, -0.25) is 0 Å². The molecule has 2 fully saturated rings. The average molecular weight is 265 g/mol. The molecule has 0 unspecified atom stereocenters. The third kappa shape index (κ3) is 3.25. The Hall–Kier alpha value is -0.570. The lowest BCUT2D eigenvalue weighted by molar-refractivity contribution is 0.189. The maximum absolute atomic E-state index is 5.99. The van der Waals surface area contributed by atoms with Gasteiger partial charge in [-0.2, -0.15) is 0 Å². The van der Waals surface area contributed by atoms with E-state index in [1.807, 2.05) is 18.2 Å². The molecule has 1 saturated heterocycles. The van der Waals surface area contributed by atoms with Crippen molar-refractivity contribution in [3.63, 3.8) is 0 Å². The molecule has 1 saturated carbocycles. The van der Waals surface area contributed by atoms with Gasteiger partial charge in [-0.05, 0) is 56.5 Å². The van der Waals surface area contributed by atoms with Crippen molar-refractivity contribution in [3.05, 3.63) is 34.9 Å². The Morgan fingerprint density at radius 2 is 1.94 bits per heavy atom. The Balaban J connectivity index is 1.43. The van der Waals surface area contributed by atoms with E-state index in [2.05, 4.69) is 16.3 Å². The summed E-state index contributed by atoms with van der Waals surface area (Å²) in [6.45, 7) is 3.49. The van der Waals surface area contributed by atoms with Gasteiger partial charge in [0.1, 0.15) is 0 Å². The molecule has 1 N–H and O–H groups in total. The van der Waals surface area contributed by atoms with Crippen LogP contribution >= 0.6 is 11.6 Å². The van der Waals surface area contributed by atoms with Crippen LogP contribution in [0, 0.1) is 0 Å². The Morgan fingerprint density at radius 1 is 1.17 bits per heavy atom.